The van der Waals surface area contributed by atoms with Gasteiger partial charge in [0.05, 0.1) is 0 Å². The highest BCUT2D eigenvalue weighted by Gasteiger charge is 2.09. The lowest BCUT2D eigenvalue weighted by molar-refractivity contribution is 0.673. The standard InChI is InChI=1S/C14H19N/c1-2-12-8-6-7-11-14(12)15-13-9-4-3-5-10-13/h4,6-9,11,13,15H,2-3,5,10H2,1H3. The van der Waals surface area contributed by atoms with E-state index in [1.165, 1.54) is 30.5 Å². The first kappa shape index (κ1) is 10.3. The van der Waals surface area contributed by atoms with Crippen LogP contribution in [0.25, 0.3) is 0 Å². The summed E-state index contributed by atoms with van der Waals surface area (Å²) >= 11 is 0. The van der Waals surface area contributed by atoms with Crippen LogP contribution in [0, 0.1) is 0 Å². The van der Waals surface area contributed by atoms with Crippen LogP contribution in [0.1, 0.15) is 31.7 Å². The monoisotopic (exact) mass is 201 g/mol. The maximum absolute atomic E-state index is 3.61. The summed E-state index contributed by atoms with van der Waals surface area (Å²) in [6, 6.07) is 9.14. The Morgan fingerprint density at radius 2 is 2.20 bits per heavy atom. The molecule has 1 aromatic carbocycles. The lowest BCUT2D eigenvalue weighted by Gasteiger charge is -2.20. The quantitative estimate of drug-likeness (QED) is 0.734. The molecule has 0 saturated heterocycles. The first-order valence-corrected chi connectivity index (χ1v) is 5.91. The third kappa shape index (κ3) is 2.62. The van der Waals surface area contributed by atoms with Gasteiger partial charge in [0.25, 0.3) is 0 Å². The van der Waals surface area contributed by atoms with Crippen molar-refractivity contribution in [2.75, 3.05) is 5.32 Å². The number of anilines is 1. The van der Waals surface area contributed by atoms with E-state index in [-0.39, 0.29) is 0 Å². The number of allylic oxidation sites excluding steroid dienone is 1. The average Bonchev–Trinajstić information content (AvgIpc) is 2.31. The highest BCUT2D eigenvalue weighted by Crippen LogP contribution is 2.20. The molecule has 1 N–H and O–H groups in total. The van der Waals surface area contributed by atoms with Crippen molar-refractivity contribution in [1.29, 1.82) is 0 Å². The van der Waals surface area contributed by atoms with Crippen LogP contribution in [0.3, 0.4) is 0 Å². The van der Waals surface area contributed by atoms with Crippen molar-refractivity contribution in [2.24, 2.45) is 0 Å². The zero-order valence-corrected chi connectivity index (χ0v) is 9.37. The fourth-order valence-corrected chi connectivity index (χ4v) is 2.10. The molecule has 1 atom stereocenters. The van der Waals surface area contributed by atoms with Gasteiger partial charge in [-0.3, -0.25) is 0 Å². The van der Waals surface area contributed by atoms with Gasteiger partial charge < -0.3 is 5.32 Å². The summed E-state index contributed by atoms with van der Waals surface area (Å²) in [6.07, 6.45) is 9.50. The van der Waals surface area contributed by atoms with E-state index in [1.54, 1.807) is 0 Å². The van der Waals surface area contributed by atoms with Gasteiger partial charge in [-0.15, -0.1) is 0 Å². The molecular formula is C14H19N. The molecule has 0 radical (unpaired) electrons. The van der Waals surface area contributed by atoms with Crippen LogP contribution < -0.4 is 5.32 Å². The maximum atomic E-state index is 3.61. The molecule has 15 heavy (non-hydrogen) atoms. The van der Waals surface area contributed by atoms with Gasteiger partial charge in [-0.1, -0.05) is 37.3 Å². The summed E-state index contributed by atoms with van der Waals surface area (Å²) < 4.78 is 0. The van der Waals surface area contributed by atoms with E-state index in [2.05, 4.69) is 48.7 Å². The lowest BCUT2D eigenvalue weighted by atomic mass is 10.0. The summed E-state index contributed by atoms with van der Waals surface area (Å²) in [5.74, 6) is 0. The van der Waals surface area contributed by atoms with E-state index in [4.69, 9.17) is 0 Å². The summed E-state index contributed by atoms with van der Waals surface area (Å²) in [7, 11) is 0. The van der Waals surface area contributed by atoms with Crippen LogP contribution in [-0.2, 0) is 6.42 Å². The Morgan fingerprint density at radius 3 is 2.93 bits per heavy atom. The smallest absolute Gasteiger partial charge is 0.0444 e. The van der Waals surface area contributed by atoms with Crippen LogP contribution in [0.5, 0.6) is 0 Å². The van der Waals surface area contributed by atoms with Crippen LogP contribution in [0.2, 0.25) is 0 Å². The number of para-hydroxylation sites is 1. The van der Waals surface area contributed by atoms with Crippen molar-refractivity contribution >= 4 is 5.69 Å². The molecule has 0 spiro atoms. The molecule has 0 saturated carbocycles. The molecule has 1 heteroatoms. The fraction of sp³-hybridized carbons (Fsp3) is 0.429. The third-order valence-electron chi connectivity index (χ3n) is 2.99. The molecular weight excluding hydrogens is 182 g/mol. The molecule has 1 unspecified atom stereocenters. The molecule has 0 heterocycles. The van der Waals surface area contributed by atoms with Gasteiger partial charge in [0.15, 0.2) is 0 Å². The van der Waals surface area contributed by atoms with Gasteiger partial charge in [0.1, 0.15) is 0 Å². The van der Waals surface area contributed by atoms with E-state index in [1.807, 2.05) is 0 Å². The molecule has 2 rings (SSSR count). The fourth-order valence-electron chi connectivity index (χ4n) is 2.10. The van der Waals surface area contributed by atoms with E-state index in [0.717, 1.165) is 6.42 Å². The van der Waals surface area contributed by atoms with Crippen molar-refractivity contribution in [3.63, 3.8) is 0 Å². The first-order valence-electron chi connectivity index (χ1n) is 5.91. The zero-order valence-electron chi connectivity index (χ0n) is 9.37. The second-order valence-corrected chi connectivity index (χ2v) is 4.12. The Hall–Kier alpha value is -1.24. The second-order valence-electron chi connectivity index (χ2n) is 4.12. The second kappa shape index (κ2) is 5.01. The molecule has 0 aromatic heterocycles. The van der Waals surface area contributed by atoms with Gasteiger partial charge >= 0.3 is 0 Å². The van der Waals surface area contributed by atoms with Gasteiger partial charge in [-0.05, 0) is 37.3 Å². The Morgan fingerprint density at radius 1 is 1.33 bits per heavy atom. The number of hydrogen-bond acceptors (Lipinski definition) is 1. The van der Waals surface area contributed by atoms with E-state index in [0.29, 0.717) is 6.04 Å². The topological polar surface area (TPSA) is 12.0 Å². The highest BCUT2D eigenvalue weighted by molar-refractivity contribution is 5.52. The number of benzene rings is 1. The van der Waals surface area contributed by atoms with Crippen molar-refractivity contribution in [3.05, 3.63) is 42.0 Å². The minimum atomic E-state index is 0.534. The lowest BCUT2D eigenvalue weighted by Crippen LogP contribution is -2.19. The SMILES string of the molecule is CCc1ccccc1NC1C=CCCC1. The van der Waals surface area contributed by atoms with Crippen LogP contribution in [-0.4, -0.2) is 6.04 Å². The third-order valence-corrected chi connectivity index (χ3v) is 2.99. The summed E-state index contributed by atoms with van der Waals surface area (Å²) in [5.41, 5.74) is 2.72. The van der Waals surface area contributed by atoms with Crippen LogP contribution >= 0.6 is 0 Å². The Balaban J connectivity index is 2.09. The molecule has 0 bridgehead atoms. The van der Waals surface area contributed by atoms with Gasteiger partial charge in [-0.2, -0.15) is 0 Å². The van der Waals surface area contributed by atoms with E-state index < -0.39 is 0 Å². The highest BCUT2D eigenvalue weighted by atomic mass is 14.9. The predicted octanol–water partition coefficient (Wildman–Crippen LogP) is 3.77. The van der Waals surface area contributed by atoms with Crippen LogP contribution in [0.4, 0.5) is 5.69 Å². The average molecular weight is 201 g/mol. The van der Waals surface area contributed by atoms with E-state index >= 15 is 0 Å². The molecule has 0 fully saturated rings. The van der Waals surface area contributed by atoms with Crippen molar-refractivity contribution in [2.45, 2.75) is 38.6 Å². The number of hydrogen-bond donors (Lipinski definition) is 1. The van der Waals surface area contributed by atoms with Crippen LogP contribution in [0.15, 0.2) is 36.4 Å². The predicted molar refractivity (Wildman–Crippen MR) is 66.2 cm³/mol. The minimum absolute atomic E-state index is 0.534. The largest absolute Gasteiger partial charge is 0.379 e. The van der Waals surface area contributed by atoms with Gasteiger partial charge in [0.2, 0.25) is 0 Å². The molecule has 0 amide bonds. The maximum Gasteiger partial charge on any atom is 0.0444 e. The molecule has 1 aliphatic carbocycles. The van der Waals surface area contributed by atoms with Gasteiger partial charge in [0, 0.05) is 11.7 Å². The summed E-state index contributed by atoms with van der Waals surface area (Å²) in [6.45, 7) is 2.21. The number of nitrogens with one attached hydrogen (secondary N) is 1. The Bertz CT molecular complexity index is 341. The van der Waals surface area contributed by atoms with Crippen molar-refractivity contribution < 1.29 is 0 Å². The normalized spacial score (nSPS) is 20.2. The molecule has 0 aliphatic heterocycles. The minimum Gasteiger partial charge on any atom is -0.379 e. The number of aryl methyl sites for hydroxylation is 1. The summed E-state index contributed by atoms with van der Waals surface area (Å²) in [4.78, 5) is 0. The van der Waals surface area contributed by atoms with E-state index in [9.17, 15) is 0 Å². The Labute approximate surface area is 92.2 Å². The summed E-state index contributed by atoms with van der Waals surface area (Å²) in [5, 5.41) is 3.61. The zero-order chi connectivity index (χ0) is 10.5. The molecule has 1 aromatic rings. The number of rotatable bonds is 3. The molecule has 1 aliphatic rings. The molecule has 80 valence electrons. The van der Waals surface area contributed by atoms with Gasteiger partial charge in [-0.25, -0.2) is 0 Å². The molecule has 1 nitrogen and oxygen atoms in total. The van der Waals surface area contributed by atoms with Crippen molar-refractivity contribution in [3.8, 4) is 0 Å². The Kier molecular flexibility index (Phi) is 3.44. The first-order chi connectivity index (χ1) is 7.40. The van der Waals surface area contributed by atoms with Crippen molar-refractivity contribution in [1.82, 2.24) is 0 Å².